The summed E-state index contributed by atoms with van der Waals surface area (Å²) in [5, 5.41) is 3.14. The summed E-state index contributed by atoms with van der Waals surface area (Å²) in [4.78, 5) is 31.3. The molecule has 0 aromatic carbocycles. The lowest BCUT2D eigenvalue weighted by atomic mass is 9.85. The topological polar surface area (TPSA) is 93.3 Å². The number of nitrogens with one attached hydrogen (secondary N) is 2. The van der Waals surface area contributed by atoms with E-state index < -0.39 is 17.9 Å². The van der Waals surface area contributed by atoms with Crippen LogP contribution in [-0.4, -0.2) is 36.1 Å². The Morgan fingerprint density at radius 2 is 1.52 bits per heavy atom. The molecule has 0 amide bonds. The van der Waals surface area contributed by atoms with E-state index in [1.165, 1.54) is 14.2 Å². The van der Waals surface area contributed by atoms with E-state index >= 15 is 0 Å². The maximum absolute atomic E-state index is 12.2. The molecule has 1 aliphatic rings. The summed E-state index contributed by atoms with van der Waals surface area (Å²) in [6, 6.07) is 0. The SMILES string of the molecule is COC(=O)C1=C(C)NC(C)=C(C(=O)OC)C1c1nc(Cl)c(Cl)[nH]1. The molecule has 9 heteroatoms. The van der Waals surface area contributed by atoms with Gasteiger partial charge in [-0.15, -0.1) is 0 Å². The molecule has 0 atom stereocenters. The van der Waals surface area contributed by atoms with Gasteiger partial charge in [0.25, 0.3) is 0 Å². The molecule has 0 saturated carbocycles. The lowest BCUT2D eigenvalue weighted by Gasteiger charge is -2.28. The number of halogens is 2. The Morgan fingerprint density at radius 3 is 1.87 bits per heavy atom. The third-order valence-electron chi connectivity index (χ3n) is 3.48. The second-order valence-electron chi connectivity index (χ2n) is 4.85. The molecule has 0 radical (unpaired) electrons. The fourth-order valence-corrected chi connectivity index (χ4v) is 2.79. The van der Waals surface area contributed by atoms with Crippen LogP contribution in [0.5, 0.6) is 0 Å². The average Bonchev–Trinajstić information content (AvgIpc) is 2.84. The van der Waals surface area contributed by atoms with E-state index in [0.717, 1.165) is 0 Å². The molecule has 2 heterocycles. The molecule has 0 saturated heterocycles. The van der Waals surface area contributed by atoms with Gasteiger partial charge in [0.2, 0.25) is 0 Å². The van der Waals surface area contributed by atoms with Crippen LogP contribution >= 0.6 is 23.2 Å². The van der Waals surface area contributed by atoms with Crippen molar-refractivity contribution >= 4 is 35.1 Å². The number of hydrogen-bond acceptors (Lipinski definition) is 6. The number of dihydropyridines is 1. The van der Waals surface area contributed by atoms with Gasteiger partial charge in [-0.2, -0.15) is 0 Å². The largest absolute Gasteiger partial charge is 0.466 e. The molecular formula is C14H15Cl2N3O4. The van der Waals surface area contributed by atoms with Gasteiger partial charge >= 0.3 is 11.9 Å². The van der Waals surface area contributed by atoms with E-state index in [2.05, 4.69) is 15.3 Å². The summed E-state index contributed by atoms with van der Waals surface area (Å²) >= 11 is 11.8. The summed E-state index contributed by atoms with van der Waals surface area (Å²) in [6.07, 6.45) is 0. The number of imidazole rings is 1. The van der Waals surface area contributed by atoms with Crippen LogP contribution in [0.15, 0.2) is 22.5 Å². The number of methoxy groups -OCH3 is 2. The number of aromatic amines is 1. The van der Waals surface area contributed by atoms with Crippen molar-refractivity contribution in [3.63, 3.8) is 0 Å². The highest BCUT2D eigenvalue weighted by Crippen LogP contribution is 2.39. The molecule has 124 valence electrons. The van der Waals surface area contributed by atoms with Crippen molar-refractivity contribution in [2.24, 2.45) is 0 Å². The van der Waals surface area contributed by atoms with E-state index in [0.29, 0.717) is 11.4 Å². The second kappa shape index (κ2) is 6.64. The molecule has 23 heavy (non-hydrogen) atoms. The predicted octanol–water partition coefficient (Wildman–Crippen LogP) is 2.30. The van der Waals surface area contributed by atoms with Gasteiger partial charge in [-0.05, 0) is 13.8 Å². The lowest BCUT2D eigenvalue weighted by Crippen LogP contribution is -2.32. The zero-order valence-corrected chi connectivity index (χ0v) is 14.4. The molecule has 0 aliphatic carbocycles. The van der Waals surface area contributed by atoms with Gasteiger partial charge in [-0.3, -0.25) is 0 Å². The smallest absolute Gasteiger partial charge is 0.336 e. The number of ether oxygens (including phenoxy) is 2. The quantitative estimate of drug-likeness (QED) is 0.804. The Kier molecular flexibility index (Phi) is 5.01. The number of allylic oxidation sites excluding steroid dienone is 2. The molecule has 0 unspecified atom stereocenters. The minimum atomic E-state index is -0.832. The standard InChI is InChI=1S/C14H15Cl2N3O4/c1-5-7(13(20)22-3)9(12-18-10(15)11(16)19-12)8(6(2)17-5)14(21)23-4/h9,17H,1-4H3,(H,18,19). The number of esters is 2. The molecule has 1 aliphatic heterocycles. The summed E-state index contributed by atoms with van der Waals surface area (Å²) in [5.74, 6) is -1.78. The molecule has 1 aromatic rings. The highest BCUT2D eigenvalue weighted by molar-refractivity contribution is 6.40. The molecule has 0 bridgehead atoms. The van der Waals surface area contributed by atoms with Crippen LogP contribution in [0.2, 0.25) is 10.3 Å². The Morgan fingerprint density at radius 1 is 1.04 bits per heavy atom. The van der Waals surface area contributed by atoms with E-state index in [1.54, 1.807) is 13.8 Å². The maximum atomic E-state index is 12.2. The van der Waals surface area contributed by atoms with E-state index in [-0.39, 0.29) is 27.3 Å². The highest BCUT2D eigenvalue weighted by Gasteiger charge is 2.39. The van der Waals surface area contributed by atoms with Gasteiger partial charge in [0.15, 0.2) is 5.15 Å². The Bertz CT molecular complexity index is 679. The zero-order valence-electron chi connectivity index (χ0n) is 12.9. The fourth-order valence-electron chi connectivity index (χ4n) is 2.51. The molecule has 2 N–H and O–H groups in total. The molecule has 2 rings (SSSR count). The van der Waals surface area contributed by atoms with Crippen LogP contribution in [0.1, 0.15) is 25.6 Å². The van der Waals surface area contributed by atoms with Crippen LogP contribution in [0.3, 0.4) is 0 Å². The van der Waals surface area contributed by atoms with Crippen molar-refractivity contribution in [1.82, 2.24) is 15.3 Å². The maximum Gasteiger partial charge on any atom is 0.336 e. The van der Waals surface area contributed by atoms with Gasteiger partial charge < -0.3 is 19.8 Å². The van der Waals surface area contributed by atoms with Crippen LogP contribution in [0.4, 0.5) is 0 Å². The highest BCUT2D eigenvalue weighted by atomic mass is 35.5. The summed E-state index contributed by atoms with van der Waals surface area (Å²) in [7, 11) is 2.51. The first-order valence-electron chi connectivity index (χ1n) is 6.57. The third kappa shape index (κ3) is 3.07. The number of carbonyl (C=O) groups is 2. The average molecular weight is 360 g/mol. The summed E-state index contributed by atoms with van der Waals surface area (Å²) in [6.45, 7) is 3.39. The van der Waals surface area contributed by atoms with Gasteiger partial charge in [0, 0.05) is 11.4 Å². The lowest BCUT2D eigenvalue weighted by molar-refractivity contribution is -0.137. The van der Waals surface area contributed by atoms with Crippen molar-refractivity contribution < 1.29 is 19.1 Å². The normalized spacial score (nSPS) is 15.6. The van der Waals surface area contributed by atoms with E-state index in [4.69, 9.17) is 32.7 Å². The van der Waals surface area contributed by atoms with E-state index in [9.17, 15) is 9.59 Å². The number of nitrogens with zero attached hydrogens (tertiary/aromatic N) is 1. The molecule has 7 nitrogen and oxygen atoms in total. The third-order valence-corrected chi connectivity index (χ3v) is 4.13. The molecule has 1 aromatic heterocycles. The minimum absolute atomic E-state index is 0.0453. The number of H-pyrrole nitrogens is 1. The Balaban J connectivity index is 2.69. The summed E-state index contributed by atoms with van der Waals surface area (Å²) in [5.41, 5.74) is 1.52. The Labute approximate surface area is 142 Å². The summed E-state index contributed by atoms with van der Waals surface area (Å²) < 4.78 is 9.65. The van der Waals surface area contributed by atoms with E-state index in [1.807, 2.05) is 0 Å². The molecule has 0 spiro atoms. The second-order valence-corrected chi connectivity index (χ2v) is 5.58. The van der Waals surface area contributed by atoms with Crippen molar-refractivity contribution in [3.8, 4) is 0 Å². The number of carbonyl (C=O) groups excluding carboxylic acids is 2. The van der Waals surface area contributed by atoms with Gasteiger partial charge in [0.1, 0.15) is 11.0 Å². The molecular weight excluding hydrogens is 345 g/mol. The van der Waals surface area contributed by atoms with Crippen LogP contribution < -0.4 is 5.32 Å². The van der Waals surface area contributed by atoms with Gasteiger partial charge in [0.05, 0.1) is 31.3 Å². The van der Waals surface area contributed by atoms with Crippen LogP contribution in [0.25, 0.3) is 0 Å². The van der Waals surface area contributed by atoms with Crippen molar-refractivity contribution in [1.29, 1.82) is 0 Å². The number of hydrogen-bond donors (Lipinski definition) is 2. The van der Waals surface area contributed by atoms with Crippen molar-refractivity contribution in [2.75, 3.05) is 14.2 Å². The van der Waals surface area contributed by atoms with Gasteiger partial charge in [-0.1, -0.05) is 23.2 Å². The zero-order chi connectivity index (χ0) is 17.3. The minimum Gasteiger partial charge on any atom is -0.466 e. The van der Waals surface area contributed by atoms with Gasteiger partial charge in [-0.25, -0.2) is 14.6 Å². The monoisotopic (exact) mass is 359 g/mol. The number of aromatic nitrogens is 2. The first-order valence-corrected chi connectivity index (χ1v) is 7.33. The van der Waals surface area contributed by atoms with Crippen LogP contribution in [-0.2, 0) is 19.1 Å². The first kappa shape index (κ1) is 17.4. The van der Waals surface area contributed by atoms with Crippen molar-refractivity contribution in [3.05, 3.63) is 38.7 Å². The van der Waals surface area contributed by atoms with Crippen LogP contribution in [0, 0.1) is 0 Å². The predicted molar refractivity (Wildman–Crippen MR) is 83.9 cm³/mol. The number of rotatable bonds is 3. The first-order chi connectivity index (χ1) is 10.8. The Hall–Kier alpha value is -1.99. The fraction of sp³-hybridized carbons (Fsp3) is 0.357. The van der Waals surface area contributed by atoms with Crippen molar-refractivity contribution in [2.45, 2.75) is 19.8 Å². The molecule has 0 fully saturated rings.